The Morgan fingerprint density at radius 2 is 1.44 bits per heavy atom. The second-order valence-corrected chi connectivity index (χ2v) is 14.5. The summed E-state index contributed by atoms with van der Waals surface area (Å²) in [6, 6.07) is 29.1. The predicted molar refractivity (Wildman–Crippen MR) is 143 cm³/mol. The van der Waals surface area contributed by atoms with Gasteiger partial charge in [-0.15, -0.1) is 0 Å². The third kappa shape index (κ3) is 4.62. The molecule has 2 aliphatic heterocycles. The molecule has 1 unspecified atom stereocenters. The van der Waals surface area contributed by atoms with E-state index in [4.69, 9.17) is 23.4 Å². The summed E-state index contributed by atoms with van der Waals surface area (Å²) in [4.78, 5) is 0. The first-order chi connectivity index (χ1) is 17.4. The molecule has 0 N–H and O–H groups in total. The third-order valence-corrected chi connectivity index (χ3v) is 12.1. The summed E-state index contributed by atoms with van der Waals surface area (Å²) in [5, 5.41) is 2.33. The molecule has 0 saturated carbocycles. The molecule has 0 bridgehead atoms. The molecular formula is C30H34O5Si. The Bertz CT molecular complexity index is 1120. The summed E-state index contributed by atoms with van der Waals surface area (Å²) >= 11 is 0. The Kier molecular flexibility index (Phi) is 7.04. The first-order valence-electron chi connectivity index (χ1n) is 12.4. The fourth-order valence-corrected chi connectivity index (χ4v) is 9.86. The van der Waals surface area contributed by atoms with E-state index in [9.17, 15) is 0 Å². The zero-order valence-corrected chi connectivity index (χ0v) is 22.3. The van der Waals surface area contributed by atoms with E-state index < -0.39 is 14.6 Å². The Morgan fingerprint density at radius 3 is 2.00 bits per heavy atom. The molecule has 188 valence electrons. The molecule has 6 heteroatoms. The highest BCUT2D eigenvalue weighted by Gasteiger charge is 2.53. The number of methoxy groups -OCH3 is 1. The van der Waals surface area contributed by atoms with E-state index in [0.717, 1.165) is 11.3 Å². The first-order valence-corrected chi connectivity index (χ1v) is 14.4. The average Bonchev–Trinajstić information content (AvgIpc) is 2.92. The molecule has 1 fully saturated rings. The SMILES string of the molecule is COc1ccc(C2OC[C@H]3OC=C[C@@H](O[Si](c4ccccc4)(c4ccccc4)C(C)(C)C)[C@@H]3O2)cc1. The Morgan fingerprint density at radius 1 is 0.833 bits per heavy atom. The number of benzene rings is 3. The van der Waals surface area contributed by atoms with Gasteiger partial charge in [0.05, 0.1) is 26.1 Å². The van der Waals surface area contributed by atoms with Crippen molar-refractivity contribution in [2.24, 2.45) is 0 Å². The van der Waals surface area contributed by atoms with Crippen molar-refractivity contribution >= 4 is 18.7 Å². The van der Waals surface area contributed by atoms with Gasteiger partial charge in [0.1, 0.15) is 11.9 Å². The molecule has 2 aliphatic rings. The van der Waals surface area contributed by atoms with Crippen molar-refractivity contribution in [3.8, 4) is 5.75 Å². The van der Waals surface area contributed by atoms with Crippen molar-refractivity contribution in [3.05, 3.63) is 103 Å². The van der Waals surface area contributed by atoms with E-state index in [0.29, 0.717) is 6.61 Å². The van der Waals surface area contributed by atoms with Crippen LogP contribution in [0.1, 0.15) is 32.6 Å². The molecule has 0 aliphatic carbocycles. The molecule has 4 atom stereocenters. The van der Waals surface area contributed by atoms with Crippen LogP contribution in [0.4, 0.5) is 0 Å². The van der Waals surface area contributed by atoms with Crippen LogP contribution >= 0.6 is 0 Å². The largest absolute Gasteiger partial charge is 0.497 e. The van der Waals surface area contributed by atoms with E-state index >= 15 is 0 Å². The number of rotatable bonds is 6. The summed E-state index contributed by atoms with van der Waals surface area (Å²) < 4.78 is 31.2. The van der Waals surface area contributed by atoms with Crippen LogP contribution in [0.5, 0.6) is 5.75 Å². The van der Waals surface area contributed by atoms with E-state index in [1.165, 1.54) is 10.4 Å². The molecule has 3 aromatic rings. The van der Waals surface area contributed by atoms with Crippen LogP contribution in [0.25, 0.3) is 0 Å². The van der Waals surface area contributed by atoms with Crippen molar-refractivity contribution < 1.29 is 23.4 Å². The highest BCUT2D eigenvalue weighted by Crippen LogP contribution is 2.40. The minimum Gasteiger partial charge on any atom is -0.497 e. The van der Waals surface area contributed by atoms with Gasteiger partial charge in [-0.2, -0.15) is 0 Å². The Hall–Kier alpha value is -2.90. The van der Waals surface area contributed by atoms with Crippen LogP contribution in [0, 0.1) is 0 Å². The maximum Gasteiger partial charge on any atom is 0.262 e. The van der Waals surface area contributed by atoms with Crippen molar-refractivity contribution in [1.29, 1.82) is 0 Å². The predicted octanol–water partition coefficient (Wildman–Crippen LogP) is 4.97. The molecule has 0 radical (unpaired) electrons. The van der Waals surface area contributed by atoms with Gasteiger partial charge < -0.3 is 23.4 Å². The number of ether oxygens (including phenoxy) is 4. The minimum absolute atomic E-state index is 0.141. The lowest BCUT2D eigenvalue weighted by molar-refractivity contribution is -0.274. The van der Waals surface area contributed by atoms with E-state index in [2.05, 4.69) is 81.4 Å². The molecule has 5 nitrogen and oxygen atoms in total. The van der Waals surface area contributed by atoms with Gasteiger partial charge in [0.15, 0.2) is 12.4 Å². The van der Waals surface area contributed by atoms with Gasteiger partial charge in [-0.1, -0.05) is 93.6 Å². The molecule has 2 heterocycles. The van der Waals surface area contributed by atoms with Crippen molar-refractivity contribution in [3.63, 3.8) is 0 Å². The summed E-state index contributed by atoms with van der Waals surface area (Å²) in [6.45, 7) is 7.27. The van der Waals surface area contributed by atoms with Gasteiger partial charge in [-0.25, -0.2) is 0 Å². The first kappa shape index (κ1) is 24.8. The molecule has 0 spiro atoms. The van der Waals surface area contributed by atoms with Crippen molar-refractivity contribution in [1.82, 2.24) is 0 Å². The van der Waals surface area contributed by atoms with Crippen LogP contribution in [-0.4, -0.2) is 40.3 Å². The maximum atomic E-state index is 7.38. The second-order valence-electron chi connectivity index (χ2n) is 10.3. The van der Waals surface area contributed by atoms with Gasteiger partial charge >= 0.3 is 0 Å². The van der Waals surface area contributed by atoms with Crippen LogP contribution in [-0.2, 0) is 18.6 Å². The lowest BCUT2D eigenvalue weighted by Crippen LogP contribution is -2.69. The van der Waals surface area contributed by atoms with Crippen LogP contribution in [0.15, 0.2) is 97.3 Å². The minimum atomic E-state index is -2.77. The van der Waals surface area contributed by atoms with Crippen LogP contribution < -0.4 is 15.1 Å². The van der Waals surface area contributed by atoms with E-state index in [1.54, 1.807) is 13.4 Å². The average molecular weight is 503 g/mol. The fraction of sp³-hybridized carbons (Fsp3) is 0.333. The van der Waals surface area contributed by atoms with Crippen LogP contribution in [0.2, 0.25) is 5.04 Å². The molecule has 36 heavy (non-hydrogen) atoms. The zero-order chi connectivity index (χ0) is 25.2. The molecule has 0 amide bonds. The van der Waals surface area contributed by atoms with Gasteiger partial charge in [0, 0.05) is 5.56 Å². The Balaban J connectivity index is 1.52. The zero-order valence-electron chi connectivity index (χ0n) is 21.3. The molecule has 3 aromatic carbocycles. The highest BCUT2D eigenvalue weighted by molar-refractivity contribution is 6.99. The summed E-state index contributed by atoms with van der Waals surface area (Å²) in [5.41, 5.74) is 0.938. The molecule has 1 saturated heterocycles. The van der Waals surface area contributed by atoms with Gasteiger partial charge in [0.25, 0.3) is 8.32 Å². The van der Waals surface area contributed by atoms with E-state index in [1.807, 2.05) is 30.3 Å². The highest BCUT2D eigenvalue weighted by atomic mass is 28.4. The summed E-state index contributed by atoms with van der Waals surface area (Å²) in [6.07, 6.45) is 2.39. The van der Waals surface area contributed by atoms with Crippen LogP contribution in [0.3, 0.4) is 0 Å². The second kappa shape index (κ2) is 10.2. The summed E-state index contributed by atoms with van der Waals surface area (Å²) in [7, 11) is -1.11. The topological polar surface area (TPSA) is 46.2 Å². The number of fused-ring (bicyclic) bond motifs is 1. The van der Waals surface area contributed by atoms with Gasteiger partial charge in [0.2, 0.25) is 0 Å². The number of hydrogen-bond donors (Lipinski definition) is 0. The normalized spacial score (nSPS) is 24.0. The van der Waals surface area contributed by atoms with Crippen molar-refractivity contribution in [2.45, 2.75) is 50.4 Å². The monoisotopic (exact) mass is 502 g/mol. The lowest BCUT2D eigenvalue weighted by atomic mass is 10.0. The molecular weight excluding hydrogens is 468 g/mol. The smallest absolute Gasteiger partial charge is 0.262 e. The van der Waals surface area contributed by atoms with Gasteiger partial charge in [-0.05, 0) is 33.6 Å². The van der Waals surface area contributed by atoms with Gasteiger partial charge in [-0.3, -0.25) is 0 Å². The fourth-order valence-electron chi connectivity index (χ4n) is 5.22. The van der Waals surface area contributed by atoms with E-state index in [-0.39, 0.29) is 23.4 Å². The number of hydrogen-bond acceptors (Lipinski definition) is 5. The quantitative estimate of drug-likeness (QED) is 0.446. The third-order valence-electron chi connectivity index (χ3n) is 7.02. The summed E-state index contributed by atoms with van der Waals surface area (Å²) in [5.74, 6) is 0.796. The Labute approximate surface area is 214 Å². The lowest BCUT2D eigenvalue weighted by Gasteiger charge is -2.48. The molecule has 0 aromatic heterocycles. The standard InChI is InChI=1S/C30H34O5Si/c1-30(2,3)36(24-11-7-5-8-12-24,25-13-9-6-10-14-25)35-26-19-20-32-27-21-33-29(34-28(26)27)22-15-17-23(31-4)18-16-22/h5-20,26-29H,21H2,1-4H3/t26-,27-,28+,29?/m1/s1. The maximum absolute atomic E-state index is 7.38. The van der Waals surface area contributed by atoms with Crippen molar-refractivity contribution in [2.75, 3.05) is 13.7 Å². The molecule has 5 rings (SSSR count).